The molecule has 2 N–H and O–H groups in total. The van der Waals surface area contributed by atoms with Gasteiger partial charge in [0.1, 0.15) is 16.8 Å². The lowest BCUT2D eigenvalue weighted by Gasteiger charge is -2.47. The Morgan fingerprint density at radius 1 is 1.03 bits per heavy atom. The quantitative estimate of drug-likeness (QED) is 0.604. The summed E-state index contributed by atoms with van der Waals surface area (Å²) in [5.41, 5.74) is 2.22. The third-order valence-electron chi connectivity index (χ3n) is 4.91. The zero-order valence-corrected chi connectivity index (χ0v) is 16.2. The van der Waals surface area contributed by atoms with Crippen molar-refractivity contribution >= 4 is 23.4 Å². The molecule has 7 heteroatoms. The van der Waals surface area contributed by atoms with Crippen LogP contribution in [0.2, 0.25) is 0 Å². The van der Waals surface area contributed by atoms with Gasteiger partial charge in [-0.05, 0) is 59.7 Å². The highest BCUT2D eigenvalue weighted by atomic mass is 32.2. The summed E-state index contributed by atoms with van der Waals surface area (Å²) < 4.78 is 13.3. The third-order valence-corrected chi connectivity index (χ3v) is 6.24. The van der Waals surface area contributed by atoms with E-state index >= 15 is 0 Å². The molecule has 0 saturated carbocycles. The molecule has 1 fully saturated rings. The smallest absolute Gasteiger partial charge is 0.243 e. The fraction of sp³-hybridized carbons (Fsp3) is 0.182. The van der Waals surface area contributed by atoms with Crippen molar-refractivity contribution in [1.82, 2.24) is 4.98 Å². The molecule has 5 nitrogen and oxygen atoms in total. The standard InChI is InChI=1S/C22H19FN2O3S/c23-16-3-5-17(6-4-16)25-20(15-1-7-18(26)8-2-15)21(22(25)28)29-13-19(27)14-9-11-24-12-10-14/h1-12,19-21,26-27H,13H2/t19?,20-,21-/m1/s1. The fourth-order valence-corrected chi connectivity index (χ4v) is 4.69. The number of halogens is 1. The van der Waals surface area contributed by atoms with E-state index in [1.54, 1.807) is 65.8 Å². The number of nitrogens with zero attached hydrogens (tertiary/aromatic N) is 2. The number of anilines is 1. The van der Waals surface area contributed by atoms with Gasteiger partial charge >= 0.3 is 0 Å². The van der Waals surface area contributed by atoms with Gasteiger partial charge in [-0.1, -0.05) is 12.1 Å². The molecule has 0 radical (unpaired) electrons. The van der Waals surface area contributed by atoms with E-state index in [0.717, 1.165) is 11.1 Å². The summed E-state index contributed by atoms with van der Waals surface area (Å²) in [5, 5.41) is 19.6. The topological polar surface area (TPSA) is 73.7 Å². The Morgan fingerprint density at radius 3 is 2.34 bits per heavy atom. The van der Waals surface area contributed by atoms with Crippen LogP contribution in [0.15, 0.2) is 73.1 Å². The van der Waals surface area contributed by atoms with Gasteiger partial charge in [0.25, 0.3) is 0 Å². The molecule has 3 atom stereocenters. The highest BCUT2D eigenvalue weighted by Crippen LogP contribution is 2.46. The number of thioether (sulfide) groups is 1. The first-order valence-corrected chi connectivity index (χ1v) is 10.2. The second-order valence-corrected chi connectivity index (χ2v) is 7.95. The van der Waals surface area contributed by atoms with Crippen molar-refractivity contribution in [2.45, 2.75) is 17.4 Å². The van der Waals surface area contributed by atoms with E-state index in [-0.39, 0.29) is 28.8 Å². The minimum atomic E-state index is -0.712. The summed E-state index contributed by atoms with van der Waals surface area (Å²) >= 11 is 1.38. The summed E-state index contributed by atoms with van der Waals surface area (Å²) in [6.45, 7) is 0. The molecule has 1 saturated heterocycles. The van der Waals surface area contributed by atoms with Gasteiger partial charge in [0, 0.05) is 23.8 Å². The molecular formula is C22H19FN2O3S. The van der Waals surface area contributed by atoms with Gasteiger partial charge in [-0.2, -0.15) is 0 Å². The second-order valence-electron chi connectivity index (χ2n) is 6.77. The number of carbonyl (C=O) groups is 1. The number of aromatic nitrogens is 1. The number of benzene rings is 2. The predicted molar refractivity (Wildman–Crippen MR) is 110 cm³/mol. The first-order chi connectivity index (χ1) is 14.0. The number of aliphatic hydroxyl groups is 1. The van der Waals surface area contributed by atoms with Crippen molar-refractivity contribution in [3.63, 3.8) is 0 Å². The summed E-state index contributed by atoms with van der Waals surface area (Å²) in [6, 6.07) is 15.7. The molecule has 3 aromatic rings. The third kappa shape index (κ3) is 3.97. The molecule has 1 amide bonds. The number of phenolic OH excluding ortho intramolecular Hbond substituents is 1. The molecule has 0 aliphatic carbocycles. The second kappa shape index (κ2) is 8.23. The average Bonchev–Trinajstić information content (AvgIpc) is 2.74. The number of hydrogen-bond acceptors (Lipinski definition) is 5. The zero-order chi connectivity index (χ0) is 20.4. The summed E-state index contributed by atoms with van der Waals surface area (Å²) in [6.07, 6.45) is 2.52. The fourth-order valence-electron chi connectivity index (χ4n) is 3.39. The number of amides is 1. The molecule has 148 valence electrons. The Bertz CT molecular complexity index is 983. The first-order valence-electron chi connectivity index (χ1n) is 9.12. The van der Waals surface area contributed by atoms with Crippen LogP contribution in [-0.4, -0.2) is 32.1 Å². The van der Waals surface area contributed by atoms with Gasteiger partial charge in [0.2, 0.25) is 5.91 Å². The summed E-state index contributed by atoms with van der Waals surface area (Å²) in [4.78, 5) is 18.5. The Morgan fingerprint density at radius 2 is 1.69 bits per heavy atom. The maximum Gasteiger partial charge on any atom is 0.243 e. The van der Waals surface area contributed by atoms with Crippen molar-refractivity contribution in [1.29, 1.82) is 0 Å². The first kappa shape index (κ1) is 19.4. The lowest BCUT2D eigenvalue weighted by molar-refractivity contribution is -0.123. The molecule has 2 heterocycles. The highest BCUT2D eigenvalue weighted by Gasteiger charge is 2.49. The Hall–Kier alpha value is -2.90. The van der Waals surface area contributed by atoms with Gasteiger partial charge < -0.3 is 15.1 Å². The molecule has 0 spiro atoms. The number of aliphatic hydroxyl groups excluding tert-OH is 1. The number of pyridine rings is 1. The monoisotopic (exact) mass is 410 g/mol. The molecule has 1 aromatic heterocycles. The van der Waals surface area contributed by atoms with Crippen LogP contribution in [0.1, 0.15) is 23.3 Å². The number of hydrogen-bond donors (Lipinski definition) is 2. The number of phenols is 1. The van der Waals surface area contributed by atoms with Crippen molar-refractivity contribution in [2.75, 3.05) is 10.7 Å². The molecule has 0 bridgehead atoms. The van der Waals surface area contributed by atoms with Crippen molar-refractivity contribution < 1.29 is 19.4 Å². The maximum atomic E-state index is 13.3. The molecule has 1 aliphatic rings. The number of aromatic hydroxyl groups is 1. The van der Waals surface area contributed by atoms with Gasteiger partial charge in [-0.15, -0.1) is 11.8 Å². The SMILES string of the molecule is O=C1[C@H](SCC(O)c2ccncc2)[C@@H](c2ccc(O)cc2)N1c1ccc(F)cc1. The number of β-lactam (4-membered cyclic amide) rings is 1. The van der Waals surface area contributed by atoms with E-state index in [2.05, 4.69) is 4.98 Å². The van der Waals surface area contributed by atoms with Crippen LogP contribution in [0.3, 0.4) is 0 Å². The van der Waals surface area contributed by atoms with Crippen LogP contribution in [0, 0.1) is 5.82 Å². The largest absolute Gasteiger partial charge is 0.508 e. The Labute approximate surface area is 171 Å². The van der Waals surface area contributed by atoms with Gasteiger partial charge in [-0.25, -0.2) is 4.39 Å². The van der Waals surface area contributed by atoms with Crippen LogP contribution < -0.4 is 4.90 Å². The van der Waals surface area contributed by atoms with E-state index in [4.69, 9.17) is 0 Å². The van der Waals surface area contributed by atoms with E-state index in [9.17, 15) is 19.4 Å². The summed E-state index contributed by atoms with van der Waals surface area (Å²) in [7, 11) is 0. The Balaban J connectivity index is 1.56. The molecular weight excluding hydrogens is 391 g/mol. The van der Waals surface area contributed by atoms with E-state index in [0.29, 0.717) is 11.4 Å². The van der Waals surface area contributed by atoms with Crippen molar-refractivity contribution in [3.05, 3.63) is 90.0 Å². The minimum Gasteiger partial charge on any atom is -0.508 e. The highest BCUT2D eigenvalue weighted by molar-refractivity contribution is 8.00. The van der Waals surface area contributed by atoms with Crippen LogP contribution in [-0.2, 0) is 4.79 Å². The van der Waals surface area contributed by atoms with Crippen molar-refractivity contribution in [2.24, 2.45) is 0 Å². The minimum absolute atomic E-state index is 0.0957. The normalized spacial score (nSPS) is 19.7. The lowest BCUT2D eigenvalue weighted by Crippen LogP contribution is -2.57. The maximum absolute atomic E-state index is 13.3. The van der Waals surface area contributed by atoms with Gasteiger partial charge in [0.15, 0.2) is 0 Å². The molecule has 1 aliphatic heterocycles. The van der Waals surface area contributed by atoms with Crippen LogP contribution in [0.5, 0.6) is 5.75 Å². The molecule has 29 heavy (non-hydrogen) atoms. The number of carbonyl (C=O) groups excluding carboxylic acids is 1. The number of rotatable bonds is 6. The molecule has 4 rings (SSSR count). The van der Waals surface area contributed by atoms with E-state index in [1.807, 2.05) is 0 Å². The molecule has 2 aromatic carbocycles. The molecule has 1 unspecified atom stereocenters. The Kier molecular flexibility index (Phi) is 5.51. The van der Waals surface area contributed by atoms with E-state index in [1.165, 1.54) is 23.9 Å². The van der Waals surface area contributed by atoms with E-state index < -0.39 is 6.10 Å². The van der Waals surface area contributed by atoms with Crippen LogP contribution >= 0.6 is 11.8 Å². The van der Waals surface area contributed by atoms with Crippen molar-refractivity contribution in [3.8, 4) is 5.75 Å². The average molecular weight is 410 g/mol. The summed E-state index contributed by atoms with van der Waals surface area (Å²) in [5.74, 6) is 0.0349. The van der Waals surface area contributed by atoms with Crippen LogP contribution in [0.25, 0.3) is 0 Å². The lowest BCUT2D eigenvalue weighted by atomic mass is 9.92. The van der Waals surface area contributed by atoms with Crippen LogP contribution in [0.4, 0.5) is 10.1 Å². The predicted octanol–water partition coefficient (Wildman–Crippen LogP) is 3.85. The van der Waals surface area contributed by atoms with Gasteiger partial charge in [0.05, 0.1) is 12.1 Å². The zero-order valence-electron chi connectivity index (χ0n) is 15.4. The van der Waals surface area contributed by atoms with Gasteiger partial charge in [-0.3, -0.25) is 9.78 Å².